The van der Waals surface area contributed by atoms with Crippen LogP contribution in [-0.4, -0.2) is 34.0 Å². The molecule has 2 N–H and O–H groups in total. The highest BCUT2D eigenvalue weighted by Gasteiger charge is 2.24. The molecule has 0 bridgehead atoms. The first kappa shape index (κ1) is 16.3. The first-order valence-electron chi connectivity index (χ1n) is 5.42. The molecule has 0 fully saturated rings. The van der Waals surface area contributed by atoms with Gasteiger partial charge in [0.2, 0.25) is 0 Å². The number of aliphatic carboxylic acids is 1. The van der Waals surface area contributed by atoms with E-state index >= 15 is 0 Å². The summed E-state index contributed by atoms with van der Waals surface area (Å²) in [6.07, 6.45) is -2.10. The Morgan fingerprint density at radius 1 is 1.35 bits per heavy atom. The summed E-state index contributed by atoms with van der Waals surface area (Å²) >= 11 is 5.60. The maximum Gasteiger partial charge on any atom is 0.387 e. The Morgan fingerprint density at radius 3 is 2.40 bits per heavy atom. The SMILES string of the molecule is CC(Cl)C(=O)c1ccc(OC(F)F)c(C(O)C(=O)O)c1. The average molecular weight is 309 g/mol. The van der Waals surface area contributed by atoms with Crippen molar-refractivity contribution in [2.24, 2.45) is 0 Å². The van der Waals surface area contributed by atoms with Crippen LogP contribution in [0.15, 0.2) is 18.2 Å². The van der Waals surface area contributed by atoms with Crippen molar-refractivity contribution in [3.05, 3.63) is 29.3 Å². The molecule has 1 aromatic rings. The lowest BCUT2D eigenvalue weighted by Crippen LogP contribution is -2.16. The number of halogens is 3. The summed E-state index contributed by atoms with van der Waals surface area (Å²) in [6.45, 7) is -1.79. The van der Waals surface area contributed by atoms with Gasteiger partial charge in [0.15, 0.2) is 11.9 Å². The summed E-state index contributed by atoms with van der Waals surface area (Å²) in [5.41, 5.74) is -0.453. The number of carboxylic acid groups (broad SMARTS) is 1. The van der Waals surface area contributed by atoms with E-state index in [2.05, 4.69) is 4.74 Å². The van der Waals surface area contributed by atoms with Crippen LogP contribution in [0.4, 0.5) is 8.78 Å². The zero-order valence-corrected chi connectivity index (χ0v) is 11.0. The summed E-state index contributed by atoms with van der Waals surface area (Å²) in [4.78, 5) is 22.4. The van der Waals surface area contributed by atoms with E-state index < -0.39 is 41.2 Å². The molecule has 2 unspecified atom stereocenters. The number of hydrogen-bond acceptors (Lipinski definition) is 4. The molecule has 2 atom stereocenters. The summed E-state index contributed by atoms with van der Waals surface area (Å²) in [5.74, 6) is -2.71. The van der Waals surface area contributed by atoms with E-state index in [1.54, 1.807) is 0 Å². The molecule has 0 saturated heterocycles. The molecule has 5 nitrogen and oxygen atoms in total. The van der Waals surface area contributed by atoms with Gasteiger partial charge >= 0.3 is 12.6 Å². The van der Waals surface area contributed by atoms with Crippen molar-refractivity contribution in [2.45, 2.75) is 25.0 Å². The number of rotatable bonds is 6. The number of Topliss-reactive ketones (excluding diaryl/α,β-unsaturated/α-hetero) is 1. The monoisotopic (exact) mass is 308 g/mol. The number of ether oxygens (including phenoxy) is 1. The minimum Gasteiger partial charge on any atom is -0.479 e. The molecule has 0 aliphatic heterocycles. The lowest BCUT2D eigenvalue weighted by molar-refractivity contribution is -0.147. The van der Waals surface area contributed by atoms with Crippen LogP contribution in [0.1, 0.15) is 28.9 Å². The van der Waals surface area contributed by atoms with Crippen LogP contribution in [0, 0.1) is 0 Å². The summed E-state index contributed by atoms with van der Waals surface area (Å²) in [6, 6.07) is 3.12. The number of aliphatic hydroxyl groups excluding tert-OH is 1. The minimum atomic E-state index is -3.19. The highest BCUT2D eigenvalue weighted by atomic mass is 35.5. The normalized spacial score (nSPS) is 13.9. The van der Waals surface area contributed by atoms with Gasteiger partial charge in [0.25, 0.3) is 0 Å². The number of ketones is 1. The molecule has 0 saturated carbocycles. The Morgan fingerprint density at radius 2 is 1.95 bits per heavy atom. The van der Waals surface area contributed by atoms with Crippen LogP contribution in [0.25, 0.3) is 0 Å². The molecule has 0 radical (unpaired) electrons. The van der Waals surface area contributed by atoms with E-state index in [1.807, 2.05) is 0 Å². The van der Waals surface area contributed by atoms with Crippen molar-refractivity contribution in [1.29, 1.82) is 0 Å². The molecule has 8 heteroatoms. The maximum absolute atomic E-state index is 12.2. The van der Waals surface area contributed by atoms with E-state index in [0.29, 0.717) is 0 Å². The third kappa shape index (κ3) is 3.88. The van der Waals surface area contributed by atoms with Crippen molar-refractivity contribution in [2.75, 3.05) is 0 Å². The maximum atomic E-state index is 12.2. The molecule has 0 aliphatic rings. The second-order valence-corrected chi connectivity index (χ2v) is 4.51. The van der Waals surface area contributed by atoms with Gasteiger partial charge in [-0.15, -0.1) is 11.6 Å². The van der Waals surface area contributed by atoms with E-state index in [1.165, 1.54) is 6.92 Å². The van der Waals surface area contributed by atoms with Crippen molar-refractivity contribution < 1.29 is 33.3 Å². The topological polar surface area (TPSA) is 83.8 Å². The fraction of sp³-hybridized carbons (Fsp3) is 0.333. The van der Waals surface area contributed by atoms with Crippen molar-refractivity contribution in [3.8, 4) is 5.75 Å². The number of carbonyl (C=O) groups excluding carboxylic acids is 1. The second kappa shape index (κ2) is 6.62. The molecule has 20 heavy (non-hydrogen) atoms. The number of aliphatic hydroxyl groups is 1. The van der Waals surface area contributed by atoms with Crippen LogP contribution in [0.2, 0.25) is 0 Å². The highest BCUT2D eigenvalue weighted by Crippen LogP contribution is 2.29. The summed E-state index contributed by atoms with van der Waals surface area (Å²) in [7, 11) is 0. The predicted molar refractivity (Wildman–Crippen MR) is 65.3 cm³/mol. The third-order valence-corrected chi connectivity index (χ3v) is 2.60. The highest BCUT2D eigenvalue weighted by molar-refractivity contribution is 6.33. The predicted octanol–water partition coefficient (Wildman–Crippen LogP) is 2.22. The molecule has 0 aliphatic carbocycles. The van der Waals surface area contributed by atoms with Crippen LogP contribution in [0.5, 0.6) is 5.75 Å². The average Bonchev–Trinajstić information content (AvgIpc) is 2.36. The largest absolute Gasteiger partial charge is 0.479 e. The van der Waals surface area contributed by atoms with Crippen LogP contribution < -0.4 is 4.74 Å². The lowest BCUT2D eigenvalue weighted by Gasteiger charge is -2.14. The molecule has 0 heterocycles. The molecule has 1 aromatic carbocycles. The van der Waals surface area contributed by atoms with E-state index in [9.17, 15) is 23.5 Å². The van der Waals surface area contributed by atoms with Gasteiger partial charge in [-0.25, -0.2) is 4.79 Å². The smallest absolute Gasteiger partial charge is 0.387 e. The van der Waals surface area contributed by atoms with Crippen molar-refractivity contribution in [3.63, 3.8) is 0 Å². The molecule has 0 aromatic heterocycles. The summed E-state index contributed by atoms with van der Waals surface area (Å²) < 4.78 is 28.5. The first-order chi connectivity index (χ1) is 9.23. The van der Waals surface area contributed by atoms with E-state index in [4.69, 9.17) is 16.7 Å². The second-order valence-electron chi connectivity index (χ2n) is 3.85. The zero-order chi connectivity index (χ0) is 15.4. The van der Waals surface area contributed by atoms with Crippen molar-refractivity contribution in [1.82, 2.24) is 0 Å². The van der Waals surface area contributed by atoms with Gasteiger partial charge in [-0.2, -0.15) is 8.78 Å². The van der Waals surface area contributed by atoms with Gasteiger partial charge in [0, 0.05) is 11.1 Å². The number of hydrogen-bond donors (Lipinski definition) is 2. The number of benzene rings is 1. The Hall–Kier alpha value is -1.73. The van der Waals surface area contributed by atoms with E-state index in [0.717, 1.165) is 18.2 Å². The van der Waals surface area contributed by atoms with Gasteiger partial charge in [0.1, 0.15) is 5.75 Å². The van der Waals surface area contributed by atoms with E-state index in [-0.39, 0.29) is 5.56 Å². The molecular weight excluding hydrogens is 298 g/mol. The van der Waals surface area contributed by atoms with Gasteiger partial charge in [-0.1, -0.05) is 0 Å². The van der Waals surface area contributed by atoms with Gasteiger partial charge in [-0.3, -0.25) is 4.79 Å². The van der Waals surface area contributed by atoms with Gasteiger partial charge in [-0.05, 0) is 25.1 Å². The Kier molecular flexibility index (Phi) is 5.41. The summed E-state index contributed by atoms with van der Waals surface area (Å²) in [5, 5.41) is 17.3. The van der Waals surface area contributed by atoms with Crippen LogP contribution in [-0.2, 0) is 4.79 Å². The molecule has 1 rings (SSSR count). The third-order valence-electron chi connectivity index (χ3n) is 2.40. The fourth-order valence-electron chi connectivity index (χ4n) is 1.48. The Balaban J connectivity index is 3.28. The molecular formula is C12H11ClF2O5. The standard InChI is InChI=1S/C12H11ClF2O5/c1-5(13)9(16)6-2-3-8(20-12(14)15)7(4-6)10(17)11(18)19/h2-5,10,12,17H,1H3,(H,18,19). The fourth-order valence-corrected chi connectivity index (χ4v) is 1.61. The van der Waals surface area contributed by atoms with Crippen LogP contribution >= 0.6 is 11.6 Å². The van der Waals surface area contributed by atoms with Crippen LogP contribution in [0.3, 0.4) is 0 Å². The Bertz CT molecular complexity index is 519. The number of alkyl halides is 3. The zero-order valence-electron chi connectivity index (χ0n) is 10.2. The number of carbonyl (C=O) groups is 2. The first-order valence-corrected chi connectivity index (χ1v) is 5.85. The molecule has 0 spiro atoms. The quantitative estimate of drug-likeness (QED) is 0.622. The van der Waals surface area contributed by atoms with Gasteiger partial charge < -0.3 is 14.9 Å². The Labute approximate surface area is 117 Å². The number of carboxylic acids is 1. The molecule has 110 valence electrons. The lowest BCUT2D eigenvalue weighted by atomic mass is 10.0. The van der Waals surface area contributed by atoms with Crippen molar-refractivity contribution >= 4 is 23.4 Å². The molecule has 0 amide bonds. The minimum absolute atomic E-state index is 0.00980. The van der Waals surface area contributed by atoms with Gasteiger partial charge in [0.05, 0.1) is 5.38 Å².